The zero-order valence-corrected chi connectivity index (χ0v) is 9.88. The van der Waals surface area contributed by atoms with E-state index in [0.29, 0.717) is 6.42 Å². The standard InChI is InChI=1S/C11H13N3O4/c1-2-18-11(17)7-5-14(6-12-7)8-3-4-9(15)13-10(8)16/h5-6,8H,2-4H2,1H3,(H,13,15,16). The summed E-state index contributed by atoms with van der Waals surface area (Å²) in [7, 11) is 0. The van der Waals surface area contributed by atoms with Gasteiger partial charge < -0.3 is 9.30 Å². The van der Waals surface area contributed by atoms with Gasteiger partial charge in [-0.1, -0.05) is 0 Å². The van der Waals surface area contributed by atoms with Crippen LogP contribution in [-0.4, -0.2) is 33.9 Å². The van der Waals surface area contributed by atoms with Gasteiger partial charge in [0.25, 0.3) is 0 Å². The van der Waals surface area contributed by atoms with E-state index < -0.39 is 12.0 Å². The number of imide groups is 1. The Hall–Kier alpha value is -2.18. The Balaban J connectivity index is 2.12. The molecule has 7 heteroatoms. The van der Waals surface area contributed by atoms with E-state index in [4.69, 9.17) is 4.74 Å². The lowest BCUT2D eigenvalue weighted by atomic mass is 10.1. The number of imidazole rings is 1. The molecule has 1 aliphatic heterocycles. The molecule has 1 N–H and O–H groups in total. The van der Waals surface area contributed by atoms with E-state index in [1.807, 2.05) is 0 Å². The Kier molecular flexibility index (Phi) is 3.40. The number of carbonyl (C=O) groups is 3. The van der Waals surface area contributed by atoms with Gasteiger partial charge in [0.1, 0.15) is 6.04 Å². The maximum Gasteiger partial charge on any atom is 0.358 e. The fourth-order valence-electron chi connectivity index (χ4n) is 1.78. The molecule has 1 unspecified atom stereocenters. The Morgan fingerprint density at radius 3 is 3.06 bits per heavy atom. The first-order valence-electron chi connectivity index (χ1n) is 5.66. The molecule has 1 aromatic heterocycles. The Morgan fingerprint density at radius 2 is 2.39 bits per heavy atom. The van der Waals surface area contributed by atoms with Gasteiger partial charge in [-0.05, 0) is 13.3 Å². The first-order valence-corrected chi connectivity index (χ1v) is 5.66. The van der Waals surface area contributed by atoms with Crippen molar-refractivity contribution in [2.24, 2.45) is 0 Å². The maximum absolute atomic E-state index is 11.6. The zero-order valence-electron chi connectivity index (χ0n) is 9.88. The first kappa shape index (κ1) is 12.3. The van der Waals surface area contributed by atoms with Crippen LogP contribution in [0.5, 0.6) is 0 Å². The molecule has 0 bridgehead atoms. The summed E-state index contributed by atoms with van der Waals surface area (Å²) in [6.07, 6.45) is 3.54. The highest BCUT2D eigenvalue weighted by Crippen LogP contribution is 2.18. The number of amides is 2. The molecule has 1 fully saturated rings. The van der Waals surface area contributed by atoms with Crippen molar-refractivity contribution in [3.63, 3.8) is 0 Å². The number of rotatable bonds is 3. The van der Waals surface area contributed by atoms with Gasteiger partial charge in [-0.25, -0.2) is 9.78 Å². The maximum atomic E-state index is 11.6. The number of hydrogen-bond acceptors (Lipinski definition) is 5. The monoisotopic (exact) mass is 251 g/mol. The average Bonchev–Trinajstić information content (AvgIpc) is 2.78. The number of ether oxygens (including phenoxy) is 1. The summed E-state index contributed by atoms with van der Waals surface area (Å²) in [5.74, 6) is -1.18. The van der Waals surface area contributed by atoms with Crippen LogP contribution in [0, 0.1) is 0 Å². The predicted molar refractivity (Wildman–Crippen MR) is 59.6 cm³/mol. The summed E-state index contributed by atoms with van der Waals surface area (Å²) in [6, 6.07) is -0.502. The molecule has 96 valence electrons. The third-order valence-corrected chi connectivity index (χ3v) is 2.66. The molecule has 0 radical (unpaired) electrons. The fourth-order valence-corrected chi connectivity index (χ4v) is 1.78. The van der Waals surface area contributed by atoms with Crippen LogP contribution in [0.3, 0.4) is 0 Å². The summed E-state index contributed by atoms with van der Waals surface area (Å²) in [4.78, 5) is 37.9. The van der Waals surface area contributed by atoms with Crippen molar-refractivity contribution in [2.45, 2.75) is 25.8 Å². The van der Waals surface area contributed by atoms with Crippen molar-refractivity contribution < 1.29 is 19.1 Å². The molecular formula is C11H13N3O4. The van der Waals surface area contributed by atoms with Gasteiger partial charge >= 0.3 is 5.97 Å². The molecule has 18 heavy (non-hydrogen) atoms. The highest BCUT2D eigenvalue weighted by atomic mass is 16.5. The number of aromatic nitrogens is 2. The van der Waals surface area contributed by atoms with E-state index in [1.165, 1.54) is 17.1 Å². The van der Waals surface area contributed by atoms with Gasteiger partial charge in [-0.3, -0.25) is 14.9 Å². The zero-order chi connectivity index (χ0) is 13.1. The summed E-state index contributed by atoms with van der Waals surface area (Å²) < 4.78 is 6.32. The van der Waals surface area contributed by atoms with Crippen molar-refractivity contribution in [1.29, 1.82) is 0 Å². The van der Waals surface area contributed by atoms with E-state index in [-0.39, 0.29) is 30.5 Å². The smallest absolute Gasteiger partial charge is 0.358 e. The van der Waals surface area contributed by atoms with Crippen LogP contribution in [0.4, 0.5) is 0 Å². The minimum Gasteiger partial charge on any atom is -0.461 e. The molecule has 0 aliphatic carbocycles. The Labute approximate surface area is 103 Å². The molecule has 7 nitrogen and oxygen atoms in total. The summed E-state index contributed by atoms with van der Waals surface area (Å²) in [5, 5.41) is 2.25. The molecule has 1 saturated heterocycles. The summed E-state index contributed by atoms with van der Waals surface area (Å²) in [6.45, 7) is 1.97. The van der Waals surface area contributed by atoms with Gasteiger partial charge in [-0.2, -0.15) is 0 Å². The van der Waals surface area contributed by atoms with Crippen molar-refractivity contribution in [3.8, 4) is 0 Å². The molecule has 2 rings (SSSR count). The van der Waals surface area contributed by atoms with E-state index >= 15 is 0 Å². The molecule has 1 aromatic rings. The Bertz CT molecular complexity index is 494. The van der Waals surface area contributed by atoms with Crippen LogP contribution in [0.1, 0.15) is 36.3 Å². The van der Waals surface area contributed by atoms with Crippen molar-refractivity contribution >= 4 is 17.8 Å². The molecule has 1 atom stereocenters. The van der Waals surface area contributed by atoms with Crippen molar-refractivity contribution in [3.05, 3.63) is 18.2 Å². The SMILES string of the molecule is CCOC(=O)c1cn(C2CCC(=O)NC2=O)cn1. The second-order valence-electron chi connectivity index (χ2n) is 3.89. The van der Waals surface area contributed by atoms with E-state index in [0.717, 1.165) is 0 Å². The lowest BCUT2D eigenvalue weighted by Gasteiger charge is -2.21. The number of esters is 1. The second-order valence-corrected chi connectivity index (χ2v) is 3.89. The Morgan fingerprint density at radius 1 is 1.61 bits per heavy atom. The number of nitrogens with one attached hydrogen (secondary N) is 1. The molecule has 2 amide bonds. The van der Waals surface area contributed by atoms with Crippen LogP contribution in [0.2, 0.25) is 0 Å². The number of piperidine rings is 1. The molecule has 0 saturated carbocycles. The summed E-state index contributed by atoms with van der Waals surface area (Å²) in [5.41, 5.74) is 0.154. The van der Waals surface area contributed by atoms with E-state index in [9.17, 15) is 14.4 Å². The lowest BCUT2D eigenvalue weighted by Crippen LogP contribution is -2.41. The molecule has 1 aliphatic rings. The van der Waals surface area contributed by atoms with E-state index in [2.05, 4.69) is 10.3 Å². The third kappa shape index (κ3) is 2.39. The van der Waals surface area contributed by atoms with Gasteiger partial charge in [0.2, 0.25) is 11.8 Å². The second kappa shape index (κ2) is 4.99. The number of nitrogens with zero attached hydrogens (tertiary/aromatic N) is 2. The van der Waals surface area contributed by atoms with Gasteiger partial charge in [0.15, 0.2) is 5.69 Å². The largest absolute Gasteiger partial charge is 0.461 e. The topological polar surface area (TPSA) is 90.3 Å². The fraction of sp³-hybridized carbons (Fsp3) is 0.455. The van der Waals surface area contributed by atoms with Crippen LogP contribution in [-0.2, 0) is 14.3 Å². The number of hydrogen-bond donors (Lipinski definition) is 1. The highest BCUT2D eigenvalue weighted by Gasteiger charge is 2.28. The molecule has 2 heterocycles. The third-order valence-electron chi connectivity index (χ3n) is 2.66. The molecule has 0 aromatic carbocycles. The van der Waals surface area contributed by atoms with Crippen molar-refractivity contribution in [2.75, 3.05) is 6.61 Å². The minimum atomic E-state index is -0.524. The molecule has 0 spiro atoms. The van der Waals surface area contributed by atoms with Crippen LogP contribution in [0.25, 0.3) is 0 Å². The van der Waals surface area contributed by atoms with Gasteiger partial charge in [0, 0.05) is 12.6 Å². The number of carbonyl (C=O) groups excluding carboxylic acids is 3. The lowest BCUT2D eigenvalue weighted by molar-refractivity contribution is -0.135. The molecular weight excluding hydrogens is 238 g/mol. The average molecular weight is 251 g/mol. The normalized spacial score (nSPS) is 19.5. The van der Waals surface area contributed by atoms with Gasteiger partial charge in [-0.15, -0.1) is 0 Å². The predicted octanol–water partition coefficient (Wildman–Crippen LogP) is 0.0375. The van der Waals surface area contributed by atoms with Crippen LogP contribution in [0.15, 0.2) is 12.5 Å². The van der Waals surface area contributed by atoms with Crippen LogP contribution >= 0.6 is 0 Å². The van der Waals surface area contributed by atoms with Crippen molar-refractivity contribution in [1.82, 2.24) is 14.9 Å². The quantitative estimate of drug-likeness (QED) is 0.605. The van der Waals surface area contributed by atoms with Gasteiger partial charge in [0.05, 0.1) is 12.9 Å². The van der Waals surface area contributed by atoms with Crippen LogP contribution < -0.4 is 5.32 Å². The van der Waals surface area contributed by atoms with E-state index in [1.54, 1.807) is 6.92 Å². The highest BCUT2D eigenvalue weighted by molar-refractivity contribution is 5.99. The minimum absolute atomic E-state index is 0.154. The summed E-state index contributed by atoms with van der Waals surface area (Å²) >= 11 is 0. The first-order chi connectivity index (χ1) is 8.61.